The van der Waals surface area contributed by atoms with Crippen LogP contribution in [0.3, 0.4) is 0 Å². The lowest BCUT2D eigenvalue weighted by Gasteiger charge is -2.40. The summed E-state index contributed by atoms with van der Waals surface area (Å²) in [4.78, 5) is 13.2. The summed E-state index contributed by atoms with van der Waals surface area (Å²) >= 11 is 0. The molecule has 0 saturated carbocycles. The second kappa shape index (κ2) is 53.9. The van der Waals surface area contributed by atoms with Crippen molar-refractivity contribution in [2.24, 2.45) is 0 Å². The second-order valence-electron chi connectivity index (χ2n) is 22.8. The van der Waals surface area contributed by atoms with Gasteiger partial charge in [-0.2, -0.15) is 0 Å². The van der Waals surface area contributed by atoms with Crippen molar-refractivity contribution in [2.45, 2.75) is 358 Å². The number of ether oxygens (including phenoxy) is 2. The summed E-state index contributed by atoms with van der Waals surface area (Å²) in [6, 6.07) is -1.19. The SMILES string of the molecule is CCCCCCCCCCCCCC/C=C/CC/C=C/CC/C=C/CCCC(O)C(O)C(COC1OC(CO)C(O)C(O)C1O)NC(=O)C(O)CCCCCCCCCCCCCCCCCCCCCCCCCC. The van der Waals surface area contributed by atoms with E-state index in [0.29, 0.717) is 19.3 Å². The van der Waals surface area contributed by atoms with Gasteiger partial charge in [0.05, 0.1) is 25.4 Å². The zero-order valence-electron chi connectivity index (χ0n) is 49.2. The number of rotatable bonds is 56. The Balaban J connectivity index is 2.29. The van der Waals surface area contributed by atoms with E-state index in [1.807, 2.05) is 0 Å². The number of hydrogen-bond acceptors (Lipinski definition) is 10. The molecule has 0 aliphatic carbocycles. The smallest absolute Gasteiger partial charge is 0.249 e. The van der Waals surface area contributed by atoms with Crippen LogP contribution in [0.15, 0.2) is 36.5 Å². The molecule has 1 heterocycles. The van der Waals surface area contributed by atoms with Crippen molar-refractivity contribution in [2.75, 3.05) is 13.2 Å². The molecule has 0 bridgehead atoms. The highest BCUT2D eigenvalue weighted by atomic mass is 16.7. The van der Waals surface area contributed by atoms with E-state index >= 15 is 0 Å². The van der Waals surface area contributed by atoms with Crippen LogP contribution in [-0.2, 0) is 14.3 Å². The molecule has 0 aromatic carbocycles. The molecule has 1 rings (SSSR count). The molecular formula is C65H123NO10. The number of nitrogens with one attached hydrogen (secondary N) is 1. The maximum absolute atomic E-state index is 13.2. The van der Waals surface area contributed by atoms with Gasteiger partial charge >= 0.3 is 0 Å². The molecule has 9 unspecified atom stereocenters. The molecule has 1 aliphatic rings. The molecule has 11 nitrogen and oxygen atoms in total. The van der Waals surface area contributed by atoms with E-state index in [4.69, 9.17) is 9.47 Å². The highest BCUT2D eigenvalue weighted by Gasteiger charge is 2.44. The van der Waals surface area contributed by atoms with Crippen LogP contribution in [-0.4, -0.2) is 110 Å². The lowest BCUT2D eigenvalue weighted by atomic mass is 9.98. The van der Waals surface area contributed by atoms with E-state index in [-0.39, 0.29) is 12.8 Å². The number of allylic oxidation sites excluding steroid dienone is 6. The van der Waals surface area contributed by atoms with Gasteiger partial charge in [0.1, 0.15) is 36.6 Å². The van der Waals surface area contributed by atoms with E-state index in [1.165, 1.54) is 212 Å². The van der Waals surface area contributed by atoms with Crippen LogP contribution in [0.2, 0.25) is 0 Å². The molecular weight excluding hydrogens is 955 g/mol. The third-order valence-electron chi connectivity index (χ3n) is 15.7. The maximum atomic E-state index is 13.2. The van der Waals surface area contributed by atoms with Crippen molar-refractivity contribution in [3.8, 4) is 0 Å². The molecule has 0 spiro atoms. The fraction of sp³-hybridized carbons (Fsp3) is 0.892. The first-order valence-corrected chi connectivity index (χ1v) is 32.4. The van der Waals surface area contributed by atoms with Crippen molar-refractivity contribution < 1.29 is 50.0 Å². The van der Waals surface area contributed by atoms with Crippen LogP contribution >= 0.6 is 0 Å². The van der Waals surface area contributed by atoms with Crippen molar-refractivity contribution in [3.63, 3.8) is 0 Å². The number of hydrogen-bond donors (Lipinski definition) is 8. The average molecular weight is 1080 g/mol. The van der Waals surface area contributed by atoms with Crippen LogP contribution in [0, 0.1) is 0 Å². The monoisotopic (exact) mass is 1080 g/mol. The molecule has 9 atom stereocenters. The van der Waals surface area contributed by atoms with E-state index in [2.05, 4.69) is 55.6 Å². The van der Waals surface area contributed by atoms with Gasteiger partial charge in [0.15, 0.2) is 6.29 Å². The number of carbonyl (C=O) groups is 1. The van der Waals surface area contributed by atoms with E-state index in [9.17, 15) is 40.5 Å². The van der Waals surface area contributed by atoms with Crippen molar-refractivity contribution in [1.82, 2.24) is 5.32 Å². The zero-order chi connectivity index (χ0) is 55.4. The van der Waals surface area contributed by atoms with E-state index < -0.39 is 74.2 Å². The van der Waals surface area contributed by atoms with Crippen molar-refractivity contribution in [1.29, 1.82) is 0 Å². The lowest BCUT2D eigenvalue weighted by Crippen LogP contribution is -2.60. The van der Waals surface area contributed by atoms with Gasteiger partial charge in [0.25, 0.3) is 0 Å². The summed E-state index contributed by atoms with van der Waals surface area (Å²) in [6.07, 6.45) is 56.4. The van der Waals surface area contributed by atoms with E-state index in [0.717, 1.165) is 44.9 Å². The second-order valence-corrected chi connectivity index (χ2v) is 22.8. The van der Waals surface area contributed by atoms with Gasteiger partial charge in [0.2, 0.25) is 5.91 Å². The number of unbranched alkanes of at least 4 members (excludes halogenated alkanes) is 38. The molecule has 448 valence electrons. The maximum Gasteiger partial charge on any atom is 0.249 e. The summed E-state index contributed by atoms with van der Waals surface area (Å²) in [7, 11) is 0. The van der Waals surface area contributed by atoms with Crippen LogP contribution in [0.5, 0.6) is 0 Å². The summed E-state index contributed by atoms with van der Waals surface area (Å²) in [6.45, 7) is 3.48. The summed E-state index contributed by atoms with van der Waals surface area (Å²) in [5.74, 6) is -0.707. The lowest BCUT2D eigenvalue weighted by molar-refractivity contribution is -0.303. The Bertz CT molecular complexity index is 1330. The van der Waals surface area contributed by atoms with Crippen molar-refractivity contribution >= 4 is 5.91 Å². The molecule has 76 heavy (non-hydrogen) atoms. The topological polar surface area (TPSA) is 189 Å². The minimum Gasteiger partial charge on any atom is -0.394 e. The van der Waals surface area contributed by atoms with Gasteiger partial charge in [-0.3, -0.25) is 4.79 Å². The largest absolute Gasteiger partial charge is 0.394 e. The van der Waals surface area contributed by atoms with Gasteiger partial charge in [0, 0.05) is 0 Å². The predicted molar refractivity (Wildman–Crippen MR) is 316 cm³/mol. The van der Waals surface area contributed by atoms with Gasteiger partial charge in [-0.05, 0) is 64.2 Å². The molecule has 8 N–H and O–H groups in total. The quantitative estimate of drug-likeness (QED) is 0.0215. The van der Waals surface area contributed by atoms with Crippen LogP contribution in [0.4, 0.5) is 0 Å². The normalized spacial score (nSPS) is 19.8. The predicted octanol–water partition coefficient (Wildman–Crippen LogP) is 14.6. The Labute approximate surface area is 467 Å². The van der Waals surface area contributed by atoms with Gasteiger partial charge < -0.3 is 50.5 Å². The van der Waals surface area contributed by atoms with Gasteiger partial charge in [-0.15, -0.1) is 0 Å². The highest BCUT2D eigenvalue weighted by molar-refractivity contribution is 5.80. The summed E-state index contributed by atoms with van der Waals surface area (Å²) in [5.41, 5.74) is 0. The van der Waals surface area contributed by atoms with Gasteiger partial charge in [-0.1, -0.05) is 275 Å². The Kier molecular flexibility index (Phi) is 51.3. The minimum absolute atomic E-state index is 0.243. The third-order valence-corrected chi connectivity index (χ3v) is 15.7. The Morgan fingerprint density at radius 3 is 1.17 bits per heavy atom. The summed E-state index contributed by atoms with van der Waals surface area (Å²) in [5, 5.41) is 76.3. The molecule has 1 saturated heterocycles. The van der Waals surface area contributed by atoms with Crippen LogP contribution in [0.1, 0.15) is 303 Å². The molecule has 1 fully saturated rings. The van der Waals surface area contributed by atoms with Crippen LogP contribution in [0.25, 0.3) is 0 Å². The average Bonchev–Trinajstić information content (AvgIpc) is 3.42. The molecule has 0 aromatic rings. The van der Waals surface area contributed by atoms with E-state index in [1.54, 1.807) is 0 Å². The highest BCUT2D eigenvalue weighted by Crippen LogP contribution is 2.24. The molecule has 0 radical (unpaired) electrons. The molecule has 11 heteroatoms. The Hall–Kier alpha value is -1.67. The number of aliphatic hydroxyl groups excluding tert-OH is 7. The van der Waals surface area contributed by atoms with Crippen molar-refractivity contribution in [3.05, 3.63) is 36.5 Å². The molecule has 0 aromatic heterocycles. The standard InChI is InChI=1S/C65H123NO10/c1-3-5-7-9-11-13-15-17-19-21-23-25-27-29-31-32-34-36-38-40-42-44-46-48-50-52-57(68)60(70)56(55-75-65-63(73)62(72)61(71)59(54-67)76-65)66-64(74)58(69)53-51-49-47-45-43-41-39-37-35-33-30-28-26-24-22-20-18-16-14-12-10-8-6-4-2/h29,31,36,38,44,46,56-63,65,67-73H,3-28,30,32-35,37,39-43,45,47-55H2,1-2H3,(H,66,74)/b31-29+,38-36+,46-44+. The number of carbonyl (C=O) groups excluding carboxylic acids is 1. The number of amides is 1. The first-order valence-electron chi connectivity index (χ1n) is 32.4. The Morgan fingerprint density at radius 2 is 0.789 bits per heavy atom. The van der Waals surface area contributed by atoms with Crippen LogP contribution < -0.4 is 5.32 Å². The minimum atomic E-state index is -1.67. The fourth-order valence-electron chi connectivity index (χ4n) is 10.4. The fourth-order valence-corrected chi connectivity index (χ4v) is 10.4. The third kappa shape index (κ3) is 41.4. The summed E-state index contributed by atoms with van der Waals surface area (Å²) < 4.78 is 11.2. The molecule has 1 amide bonds. The Morgan fingerprint density at radius 1 is 0.447 bits per heavy atom. The first kappa shape index (κ1) is 72.3. The molecule has 1 aliphatic heterocycles. The number of aliphatic hydroxyl groups is 7. The zero-order valence-corrected chi connectivity index (χ0v) is 49.2. The first-order chi connectivity index (χ1) is 37.2. The van der Waals surface area contributed by atoms with Gasteiger partial charge in [-0.25, -0.2) is 0 Å².